The predicted octanol–water partition coefficient (Wildman–Crippen LogP) is 9.20. The van der Waals surface area contributed by atoms with Gasteiger partial charge in [-0.15, -0.1) is 0 Å². The first-order valence-electron chi connectivity index (χ1n) is 27.2. The second-order valence-corrected chi connectivity index (χ2v) is 19.4. The molecule has 0 bridgehead atoms. The first-order valence-corrected chi connectivity index (χ1v) is 26.5. The molecule has 6 rings (SSSR count). The number of hydrogen-bond donors (Lipinski definition) is 1. The van der Waals surface area contributed by atoms with Crippen molar-refractivity contribution in [3.05, 3.63) is 102 Å². The molecule has 0 radical (unpaired) electrons. The number of nitro groups is 3. The molecule has 3 aliphatic heterocycles. The van der Waals surface area contributed by atoms with Crippen LogP contribution in [0.25, 0.3) is 0 Å². The van der Waals surface area contributed by atoms with Gasteiger partial charge in [0.05, 0.1) is 43.1 Å². The van der Waals surface area contributed by atoms with E-state index in [1.54, 1.807) is 56.0 Å². The van der Waals surface area contributed by atoms with Gasteiger partial charge in [-0.05, 0) is 104 Å². The van der Waals surface area contributed by atoms with E-state index in [1.165, 1.54) is 24.3 Å². The summed E-state index contributed by atoms with van der Waals surface area (Å²) >= 11 is 0. The molecule has 24 nitrogen and oxygen atoms in total. The molecule has 3 heterocycles. The first kappa shape index (κ1) is 68.5. The van der Waals surface area contributed by atoms with Crippen LogP contribution in [-0.4, -0.2) is 178 Å². The zero-order valence-electron chi connectivity index (χ0n) is 49.0. The average Bonchev–Trinajstić information content (AvgIpc) is 3.44. The number of likely N-dealkylation sites (N-methyl/N-ethyl adjacent to an activating group) is 1. The first-order chi connectivity index (χ1) is 39.1. The van der Waals surface area contributed by atoms with Crippen LogP contribution in [0.15, 0.2) is 54.6 Å². The quantitative estimate of drug-likeness (QED) is 0.0370. The van der Waals surface area contributed by atoms with E-state index in [2.05, 4.69) is 45.8 Å². The number of alkyl halides is 4. The van der Waals surface area contributed by atoms with Crippen LogP contribution in [-0.2, 0) is 23.7 Å². The highest BCUT2D eigenvalue weighted by atomic mass is 19.4. The number of esters is 3. The minimum absolute atomic E-state index is 0.00669. The van der Waals surface area contributed by atoms with Crippen molar-refractivity contribution >= 4 is 64.4 Å². The Hall–Kier alpha value is -7.75. The minimum Gasteiger partial charge on any atom is -0.462 e. The Balaban J connectivity index is 0.000000398. The van der Waals surface area contributed by atoms with E-state index >= 15 is 0 Å². The summed E-state index contributed by atoms with van der Waals surface area (Å²) in [5.41, 5.74) is 1.02. The number of nitrogens with zero attached hydrogens (tertiary/aromatic N) is 8. The fourth-order valence-corrected chi connectivity index (χ4v) is 8.91. The van der Waals surface area contributed by atoms with E-state index in [1.807, 2.05) is 27.7 Å². The number of nitrogens with one attached hydrogen (secondary N) is 1. The second-order valence-electron chi connectivity index (χ2n) is 19.4. The van der Waals surface area contributed by atoms with Crippen LogP contribution in [0.2, 0.25) is 0 Å². The monoisotopic (exact) mass is 1170 g/mol. The molecule has 0 saturated carbocycles. The number of anilines is 3. The molecular weight excluding hydrogens is 1090 g/mol. The molecule has 3 aromatic rings. The van der Waals surface area contributed by atoms with Crippen LogP contribution < -0.4 is 20.0 Å². The van der Waals surface area contributed by atoms with Gasteiger partial charge >= 0.3 is 30.2 Å². The smallest absolute Gasteiger partial charge is 0.446 e. The van der Waals surface area contributed by atoms with E-state index in [9.17, 15) is 67.1 Å². The van der Waals surface area contributed by atoms with Crippen molar-refractivity contribution in [2.24, 2.45) is 0 Å². The number of piperazine rings is 3. The molecule has 1 N–H and O–H groups in total. The van der Waals surface area contributed by atoms with E-state index in [4.69, 9.17) is 25.1 Å². The van der Waals surface area contributed by atoms with Crippen molar-refractivity contribution in [2.45, 2.75) is 111 Å². The maximum absolute atomic E-state index is 12.4. The largest absolute Gasteiger partial charge is 0.462 e. The fourth-order valence-electron chi connectivity index (χ4n) is 8.91. The van der Waals surface area contributed by atoms with Crippen LogP contribution >= 0.6 is 0 Å². The third-order valence-electron chi connectivity index (χ3n) is 12.7. The molecule has 3 atom stereocenters. The molecular formula is C54H77F4N9O15. The molecule has 82 heavy (non-hydrogen) atoms. The standard InChI is InChI=1S/C20H29N3O6.C16H23N3O4.C15H21N3O4.C2HF3O.CH3F/c1-6-14-13-21(19(25)29-20(3,4)5)10-11-22(14)15-8-9-17(23(26)27)16(12-15)18(24)28-7-2;1-4-12-11-17(3)8-9-18(12)13-6-7-15(19(21)22)14(10-13)16(20)23-5-2;1-3-11-10-16-7-8-17(11)12-5-6-14(18(20)21)13(9-12)15(19)22-4-2;3-2(4,5)1-6;1-2/h8-9,12,14H,6-7,10-11,13H2,1-5H3;6-7,10,12H,4-5,8-9,11H2,1-3H3;5-6,9,11,16H,3-4,7-8,10H2,1-2H3;1H;1H3/t14-;12-;11-;;/m111../s1/i;;;;1D. The van der Waals surface area contributed by atoms with Crippen molar-refractivity contribution in [2.75, 3.05) is 108 Å². The molecule has 0 aromatic heterocycles. The molecule has 0 unspecified atom stereocenters. The van der Waals surface area contributed by atoms with Gasteiger partial charge in [0.15, 0.2) is 0 Å². The Morgan fingerprint density at radius 2 is 0.988 bits per heavy atom. The van der Waals surface area contributed by atoms with Gasteiger partial charge in [-0.2, -0.15) is 13.2 Å². The zero-order chi connectivity index (χ0) is 62.8. The Labute approximate surface area is 475 Å². The maximum Gasteiger partial charge on any atom is 0.446 e. The van der Waals surface area contributed by atoms with Crippen molar-refractivity contribution in [1.29, 1.82) is 0 Å². The van der Waals surface area contributed by atoms with Crippen LogP contribution in [0.5, 0.6) is 0 Å². The number of rotatable bonds is 15. The SMILES string of the molecule is CCOC(=O)c1cc(N2CCN(C(=O)OC(C)(C)C)C[C@H]2CC)ccc1[N+](=O)[O-].CCOC(=O)c1cc(N2CCN(C)C[C@H]2CC)ccc1[N+](=O)[O-].CCOC(=O)c1cc(N2CCNC[C@H]2CC)ccc1[N+](=O)[O-].O=CC(F)(F)F.[2H]CF. The topological polar surface area (TPSA) is 280 Å². The molecule has 3 aromatic carbocycles. The predicted molar refractivity (Wildman–Crippen MR) is 299 cm³/mol. The molecule has 0 aliphatic carbocycles. The molecule has 3 aliphatic rings. The second kappa shape index (κ2) is 33.9. The number of halogens is 4. The number of nitro benzene ring substituents is 3. The maximum atomic E-state index is 12.4. The van der Waals surface area contributed by atoms with Crippen molar-refractivity contribution in [3.63, 3.8) is 0 Å². The van der Waals surface area contributed by atoms with Gasteiger partial charge in [0, 0.05) is 112 Å². The summed E-state index contributed by atoms with van der Waals surface area (Å²) in [6.45, 7) is 23.9. The lowest BCUT2D eigenvalue weighted by Gasteiger charge is -2.42. The molecule has 28 heteroatoms. The summed E-state index contributed by atoms with van der Waals surface area (Å²) in [6.07, 6.45) is -3.38. The third-order valence-corrected chi connectivity index (χ3v) is 12.7. The van der Waals surface area contributed by atoms with Gasteiger partial charge in [0.2, 0.25) is 6.29 Å². The number of aldehydes is 1. The lowest BCUT2D eigenvalue weighted by atomic mass is 10.1. The molecule has 456 valence electrons. The van der Waals surface area contributed by atoms with E-state index in [-0.39, 0.29) is 65.7 Å². The summed E-state index contributed by atoms with van der Waals surface area (Å²) in [4.78, 5) is 99.7. The van der Waals surface area contributed by atoms with Crippen LogP contribution in [0, 0.1) is 30.3 Å². The van der Waals surface area contributed by atoms with Gasteiger partial charge in [-0.3, -0.25) is 39.5 Å². The Kier molecular flexibility index (Phi) is 28.3. The number of carbonyl (C=O) groups is 5. The fraction of sp³-hybridized carbons (Fsp3) is 0.574. The Bertz CT molecular complexity index is 2650. The Morgan fingerprint density at radius 3 is 1.32 bits per heavy atom. The number of ether oxygens (including phenoxy) is 4. The highest BCUT2D eigenvalue weighted by molar-refractivity contribution is 5.96. The van der Waals surface area contributed by atoms with Gasteiger partial charge in [0.25, 0.3) is 17.1 Å². The summed E-state index contributed by atoms with van der Waals surface area (Å²) in [5, 5.41) is 36.9. The average molecular weight is 1170 g/mol. The summed E-state index contributed by atoms with van der Waals surface area (Å²) in [6, 6.07) is 14.5. The van der Waals surface area contributed by atoms with Crippen molar-refractivity contribution < 1.29 is 76.6 Å². The van der Waals surface area contributed by atoms with Gasteiger partial charge in [0.1, 0.15) is 22.3 Å². The van der Waals surface area contributed by atoms with Crippen LogP contribution in [0.3, 0.4) is 0 Å². The van der Waals surface area contributed by atoms with Gasteiger partial charge < -0.3 is 48.8 Å². The normalized spacial score (nSPS) is 17.2. The van der Waals surface area contributed by atoms with Gasteiger partial charge in [-0.25, -0.2) is 19.2 Å². The molecule has 0 spiro atoms. The number of carbonyl (C=O) groups excluding carboxylic acids is 5. The number of hydrogen-bond acceptors (Lipinski definition) is 20. The Morgan fingerprint density at radius 1 is 0.634 bits per heavy atom. The zero-order valence-corrected chi connectivity index (χ0v) is 48.0. The lowest BCUT2D eigenvalue weighted by molar-refractivity contribution is -0.385. The van der Waals surface area contributed by atoms with E-state index in [0.29, 0.717) is 37.4 Å². The van der Waals surface area contributed by atoms with Crippen LogP contribution in [0.1, 0.15) is 114 Å². The number of benzene rings is 3. The number of amides is 1. The lowest BCUT2D eigenvalue weighted by Crippen LogP contribution is -2.55. The highest BCUT2D eigenvalue weighted by Gasteiger charge is 2.34. The minimum atomic E-state index is -4.64. The van der Waals surface area contributed by atoms with E-state index < -0.39 is 57.9 Å². The van der Waals surface area contributed by atoms with Crippen molar-refractivity contribution in [3.8, 4) is 0 Å². The summed E-state index contributed by atoms with van der Waals surface area (Å²) in [5.74, 6) is -2.02. The van der Waals surface area contributed by atoms with Crippen molar-refractivity contribution in [1.82, 2.24) is 15.1 Å². The summed E-state index contributed by atoms with van der Waals surface area (Å²) < 4.78 is 67.1. The molecule has 3 fully saturated rings. The molecule has 3 saturated heterocycles. The van der Waals surface area contributed by atoms with E-state index in [0.717, 1.165) is 69.9 Å². The highest BCUT2D eigenvalue weighted by Crippen LogP contribution is 2.32. The van der Waals surface area contributed by atoms with Gasteiger partial charge in [-0.1, -0.05) is 20.8 Å². The summed E-state index contributed by atoms with van der Waals surface area (Å²) in [7, 11) is 1.08. The van der Waals surface area contributed by atoms with Crippen LogP contribution in [0.4, 0.5) is 56.5 Å². The molecule has 1 amide bonds. The third kappa shape index (κ3) is 21.3.